The fourth-order valence-electron chi connectivity index (χ4n) is 3.08. The Balaban J connectivity index is 2.39. The van der Waals surface area contributed by atoms with Crippen LogP contribution >= 0.6 is 0 Å². The molecule has 0 radical (unpaired) electrons. The molecular weight excluding hydrogens is 270 g/mol. The smallest absolute Gasteiger partial charge is 0.0655 e. The number of nitrogens with one attached hydrogen (secondary N) is 1. The summed E-state index contributed by atoms with van der Waals surface area (Å²) >= 11 is 0. The largest absolute Gasteiger partial charge is 0.322 e. The molecule has 5 N–H and O–H groups in total. The summed E-state index contributed by atoms with van der Waals surface area (Å²) in [6.07, 6.45) is 3.12. The van der Waals surface area contributed by atoms with E-state index in [0.29, 0.717) is 0 Å². The number of hydrazine groups is 1. The van der Waals surface area contributed by atoms with Gasteiger partial charge in [0.1, 0.15) is 0 Å². The average molecular weight is 297 g/mol. The van der Waals surface area contributed by atoms with Crippen molar-refractivity contribution in [1.82, 2.24) is 5.43 Å². The predicted octanol–water partition coefficient (Wildman–Crippen LogP) is 3.41. The van der Waals surface area contributed by atoms with E-state index in [1.54, 1.807) is 0 Å². The second-order valence-corrected chi connectivity index (χ2v) is 5.67. The van der Waals surface area contributed by atoms with Crippen molar-refractivity contribution in [3.63, 3.8) is 0 Å². The Hall–Kier alpha value is -1.68. The van der Waals surface area contributed by atoms with Gasteiger partial charge in [0.2, 0.25) is 0 Å². The molecule has 2 unspecified atom stereocenters. The zero-order valence-electron chi connectivity index (χ0n) is 13.5. The molecule has 2 aromatic rings. The molecule has 2 rings (SSSR count). The molecule has 0 aromatic heterocycles. The third-order valence-electron chi connectivity index (χ3n) is 4.24. The summed E-state index contributed by atoms with van der Waals surface area (Å²) in [4.78, 5) is 0. The first kappa shape index (κ1) is 16.7. The van der Waals surface area contributed by atoms with E-state index < -0.39 is 0 Å². The van der Waals surface area contributed by atoms with Gasteiger partial charge in [-0.1, -0.05) is 68.8 Å². The quantitative estimate of drug-likeness (QED) is 0.542. The van der Waals surface area contributed by atoms with Crippen LogP contribution in [0.4, 0.5) is 0 Å². The van der Waals surface area contributed by atoms with Crippen LogP contribution in [-0.2, 0) is 12.8 Å². The molecule has 0 fully saturated rings. The molecule has 3 nitrogen and oxygen atoms in total. The lowest BCUT2D eigenvalue weighted by atomic mass is 9.88. The van der Waals surface area contributed by atoms with Gasteiger partial charge in [0.25, 0.3) is 0 Å². The summed E-state index contributed by atoms with van der Waals surface area (Å²) in [5, 5.41) is 0. The Bertz CT molecular complexity index is 595. The van der Waals surface area contributed by atoms with Crippen LogP contribution in [-0.4, -0.2) is 0 Å². The van der Waals surface area contributed by atoms with E-state index in [0.717, 1.165) is 19.3 Å². The van der Waals surface area contributed by atoms with Gasteiger partial charge in [0, 0.05) is 0 Å². The van der Waals surface area contributed by atoms with Gasteiger partial charge in [0.05, 0.1) is 12.1 Å². The van der Waals surface area contributed by atoms with Crippen molar-refractivity contribution in [2.45, 2.75) is 45.2 Å². The molecule has 0 bridgehead atoms. The molecule has 0 saturated heterocycles. The van der Waals surface area contributed by atoms with Crippen LogP contribution in [0.25, 0.3) is 0 Å². The number of hydrogen-bond acceptors (Lipinski definition) is 3. The fourth-order valence-corrected chi connectivity index (χ4v) is 3.08. The Morgan fingerprint density at radius 3 is 2.09 bits per heavy atom. The monoisotopic (exact) mass is 297 g/mol. The van der Waals surface area contributed by atoms with Crippen molar-refractivity contribution in [3.05, 3.63) is 70.8 Å². The van der Waals surface area contributed by atoms with Gasteiger partial charge in [-0.2, -0.15) is 0 Å². The van der Waals surface area contributed by atoms with E-state index in [1.807, 2.05) is 12.1 Å². The number of benzene rings is 2. The molecule has 0 aliphatic heterocycles. The highest BCUT2D eigenvalue weighted by Crippen LogP contribution is 2.31. The molecular formula is C19H27N3. The first-order chi connectivity index (χ1) is 10.7. The highest BCUT2D eigenvalue weighted by Gasteiger charge is 2.23. The van der Waals surface area contributed by atoms with Gasteiger partial charge in [-0.05, 0) is 35.1 Å². The number of rotatable bonds is 7. The van der Waals surface area contributed by atoms with Crippen LogP contribution < -0.4 is 17.0 Å². The van der Waals surface area contributed by atoms with E-state index in [-0.39, 0.29) is 12.1 Å². The summed E-state index contributed by atoms with van der Waals surface area (Å²) < 4.78 is 0. The van der Waals surface area contributed by atoms with Crippen molar-refractivity contribution in [1.29, 1.82) is 0 Å². The second-order valence-electron chi connectivity index (χ2n) is 5.67. The topological polar surface area (TPSA) is 64.1 Å². The zero-order chi connectivity index (χ0) is 15.9. The van der Waals surface area contributed by atoms with Crippen LogP contribution in [0.5, 0.6) is 0 Å². The molecule has 2 atom stereocenters. The van der Waals surface area contributed by atoms with Crippen molar-refractivity contribution >= 4 is 0 Å². The first-order valence-electron chi connectivity index (χ1n) is 8.10. The Labute approximate surface area is 133 Å². The molecule has 2 aromatic carbocycles. The minimum absolute atomic E-state index is 0.0887. The van der Waals surface area contributed by atoms with Gasteiger partial charge in [0.15, 0.2) is 0 Å². The third kappa shape index (κ3) is 3.55. The molecule has 0 aliphatic carbocycles. The molecule has 0 spiro atoms. The van der Waals surface area contributed by atoms with Crippen LogP contribution in [0.1, 0.15) is 54.6 Å². The molecule has 0 saturated carbocycles. The van der Waals surface area contributed by atoms with Crippen LogP contribution in [0.2, 0.25) is 0 Å². The van der Waals surface area contributed by atoms with Crippen LogP contribution in [0.15, 0.2) is 48.5 Å². The van der Waals surface area contributed by atoms with Gasteiger partial charge < -0.3 is 5.73 Å². The van der Waals surface area contributed by atoms with E-state index in [1.165, 1.54) is 22.3 Å². The number of hydrogen-bond donors (Lipinski definition) is 3. The third-order valence-corrected chi connectivity index (χ3v) is 4.24. The highest BCUT2D eigenvalue weighted by molar-refractivity contribution is 5.36. The predicted molar refractivity (Wildman–Crippen MR) is 93.2 cm³/mol. The highest BCUT2D eigenvalue weighted by atomic mass is 15.2. The maximum Gasteiger partial charge on any atom is 0.0655 e. The Morgan fingerprint density at radius 1 is 0.909 bits per heavy atom. The zero-order valence-corrected chi connectivity index (χ0v) is 13.5. The Morgan fingerprint density at radius 2 is 1.50 bits per heavy atom. The van der Waals surface area contributed by atoms with Crippen LogP contribution in [0.3, 0.4) is 0 Å². The van der Waals surface area contributed by atoms with Gasteiger partial charge >= 0.3 is 0 Å². The fraction of sp³-hybridized carbons (Fsp3) is 0.368. The molecule has 0 aliphatic rings. The maximum absolute atomic E-state index is 6.59. The second kappa shape index (κ2) is 8.08. The number of nitrogens with two attached hydrogens (primary N) is 2. The number of aryl methyl sites for hydroxylation is 2. The standard InChI is InChI=1S/C19H27N3/c1-3-9-15-11-6-7-12-16(15)18(20)19(22-21)17-13-8-5-10-14(17)4-2/h5-8,10-13,18-19,22H,3-4,9,20-21H2,1-2H3. The van der Waals surface area contributed by atoms with Crippen molar-refractivity contribution in [2.75, 3.05) is 0 Å². The van der Waals surface area contributed by atoms with Gasteiger partial charge in [-0.15, -0.1) is 0 Å². The lowest BCUT2D eigenvalue weighted by molar-refractivity contribution is 0.460. The summed E-state index contributed by atoms with van der Waals surface area (Å²) in [6.45, 7) is 4.34. The lowest BCUT2D eigenvalue weighted by Gasteiger charge is -2.27. The first-order valence-corrected chi connectivity index (χ1v) is 8.10. The van der Waals surface area contributed by atoms with Gasteiger partial charge in [-0.25, -0.2) is 0 Å². The molecule has 22 heavy (non-hydrogen) atoms. The van der Waals surface area contributed by atoms with E-state index in [9.17, 15) is 0 Å². The average Bonchev–Trinajstić information content (AvgIpc) is 2.56. The van der Waals surface area contributed by atoms with Gasteiger partial charge in [-0.3, -0.25) is 11.3 Å². The van der Waals surface area contributed by atoms with E-state index in [2.05, 4.69) is 55.7 Å². The van der Waals surface area contributed by atoms with Crippen molar-refractivity contribution < 1.29 is 0 Å². The van der Waals surface area contributed by atoms with E-state index >= 15 is 0 Å². The molecule has 118 valence electrons. The summed E-state index contributed by atoms with van der Waals surface area (Å²) in [6, 6.07) is 16.5. The summed E-state index contributed by atoms with van der Waals surface area (Å²) in [7, 11) is 0. The minimum Gasteiger partial charge on any atom is -0.322 e. The van der Waals surface area contributed by atoms with Crippen LogP contribution in [0, 0.1) is 0 Å². The summed E-state index contributed by atoms with van der Waals surface area (Å²) in [5.41, 5.74) is 14.5. The van der Waals surface area contributed by atoms with Crippen molar-refractivity contribution in [2.24, 2.45) is 11.6 Å². The SMILES string of the molecule is CCCc1ccccc1C(N)C(NN)c1ccccc1CC. The van der Waals surface area contributed by atoms with E-state index in [4.69, 9.17) is 11.6 Å². The lowest BCUT2D eigenvalue weighted by Crippen LogP contribution is -2.37. The summed E-state index contributed by atoms with van der Waals surface area (Å²) in [5.74, 6) is 5.86. The molecule has 0 amide bonds. The maximum atomic E-state index is 6.59. The molecule has 0 heterocycles. The minimum atomic E-state index is -0.166. The Kier molecular flexibility index (Phi) is 6.13. The normalized spacial score (nSPS) is 13.8. The molecule has 3 heteroatoms. The van der Waals surface area contributed by atoms with Crippen molar-refractivity contribution in [3.8, 4) is 0 Å².